The van der Waals surface area contributed by atoms with Gasteiger partial charge in [-0.1, -0.05) is 17.7 Å². The van der Waals surface area contributed by atoms with Gasteiger partial charge in [0.1, 0.15) is 18.0 Å². The lowest BCUT2D eigenvalue weighted by molar-refractivity contribution is -0.138. The molecule has 1 aromatic carbocycles. The number of hydrogen-bond donors (Lipinski definition) is 1. The zero-order valence-electron chi connectivity index (χ0n) is 14.0. The summed E-state index contributed by atoms with van der Waals surface area (Å²) in [6, 6.07) is 7.65. The van der Waals surface area contributed by atoms with Crippen LogP contribution in [0.5, 0.6) is 5.75 Å². The molecule has 3 rings (SSSR count). The van der Waals surface area contributed by atoms with Gasteiger partial charge in [-0.2, -0.15) is 0 Å². The molecule has 0 bridgehead atoms. The molecule has 2 saturated heterocycles. The average molecular weight is 332 g/mol. The van der Waals surface area contributed by atoms with E-state index in [0.717, 1.165) is 12.0 Å². The minimum Gasteiger partial charge on any atom is -0.491 e. The van der Waals surface area contributed by atoms with Crippen LogP contribution in [0.1, 0.15) is 24.8 Å². The van der Waals surface area contributed by atoms with Gasteiger partial charge in [0.15, 0.2) is 0 Å². The van der Waals surface area contributed by atoms with Gasteiger partial charge in [0.05, 0.1) is 13.1 Å². The van der Waals surface area contributed by atoms with Crippen molar-refractivity contribution >= 4 is 11.8 Å². The van der Waals surface area contributed by atoms with Crippen molar-refractivity contribution in [3.8, 4) is 5.75 Å². The van der Waals surface area contributed by atoms with Crippen LogP contribution < -0.4 is 4.74 Å². The highest BCUT2D eigenvalue weighted by molar-refractivity contribution is 5.86. The Labute approximate surface area is 142 Å². The number of ether oxygens (including phenoxy) is 1. The lowest BCUT2D eigenvalue weighted by Gasteiger charge is -2.25. The van der Waals surface area contributed by atoms with Crippen LogP contribution in [0.15, 0.2) is 24.3 Å². The van der Waals surface area contributed by atoms with Gasteiger partial charge >= 0.3 is 0 Å². The number of β-amino-alcohol motifs (C(OH)–C–C–N with tert-alkyl or cyclic N) is 1. The molecule has 2 fully saturated rings. The number of nitrogens with zero attached hydrogens (tertiary/aromatic N) is 2. The van der Waals surface area contributed by atoms with Gasteiger partial charge in [-0.3, -0.25) is 9.59 Å². The van der Waals surface area contributed by atoms with E-state index < -0.39 is 5.60 Å². The van der Waals surface area contributed by atoms with Crippen molar-refractivity contribution < 1.29 is 19.4 Å². The Balaban J connectivity index is 1.50. The van der Waals surface area contributed by atoms with Crippen molar-refractivity contribution in [1.29, 1.82) is 0 Å². The molecule has 6 heteroatoms. The Morgan fingerprint density at radius 2 is 2.04 bits per heavy atom. The molecule has 0 aliphatic carbocycles. The molecule has 0 aromatic heterocycles. The van der Waals surface area contributed by atoms with Gasteiger partial charge in [-0.25, -0.2) is 0 Å². The second kappa shape index (κ2) is 6.81. The average Bonchev–Trinajstić information content (AvgIpc) is 3.14. The molecule has 1 N–H and O–H groups in total. The van der Waals surface area contributed by atoms with Gasteiger partial charge in [0.25, 0.3) is 0 Å². The smallest absolute Gasteiger partial charge is 0.242 e. The number of hydrogen-bond acceptors (Lipinski definition) is 4. The first-order chi connectivity index (χ1) is 11.5. The van der Waals surface area contributed by atoms with E-state index in [1.807, 2.05) is 31.2 Å². The maximum Gasteiger partial charge on any atom is 0.242 e. The zero-order chi connectivity index (χ0) is 17.2. The van der Waals surface area contributed by atoms with Crippen molar-refractivity contribution in [3.63, 3.8) is 0 Å². The fourth-order valence-corrected chi connectivity index (χ4v) is 3.17. The Morgan fingerprint density at radius 1 is 1.29 bits per heavy atom. The van der Waals surface area contributed by atoms with Crippen LogP contribution in [0.25, 0.3) is 0 Å². The van der Waals surface area contributed by atoms with E-state index in [1.54, 1.807) is 9.80 Å². The highest BCUT2D eigenvalue weighted by atomic mass is 16.5. The molecule has 2 amide bonds. The third-order valence-electron chi connectivity index (χ3n) is 4.71. The SMILES string of the molecule is Cc1ccc(OC[C@@]2(O)CCN(C(=O)CN3CCCC3=O)C2)cc1. The minimum atomic E-state index is -1.03. The Bertz CT molecular complexity index is 616. The maximum absolute atomic E-state index is 12.3. The quantitative estimate of drug-likeness (QED) is 0.872. The van der Waals surface area contributed by atoms with Crippen LogP contribution in [0.4, 0.5) is 0 Å². The zero-order valence-corrected chi connectivity index (χ0v) is 14.0. The number of benzene rings is 1. The van der Waals surface area contributed by atoms with Crippen LogP contribution in [0, 0.1) is 6.92 Å². The lowest BCUT2D eigenvalue weighted by Crippen LogP contribution is -2.44. The third-order valence-corrected chi connectivity index (χ3v) is 4.71. The number of aryl methyl sites for hydroxylation is 1. The van der Waals surface area contributed by atoms with Gasteiger partial charge in [0, 0.05) is 19.5 Å². The molecule has 2 aliphatic heterocycles. The van der Waals surface area contributed by atoms with Gasteiger partial charge in [0.2, 0.25) is 11.8 Å². The predicted octanol–water partition coefficient (Wildman–Crippen LogP) is 0.960. The largest absolute Gasteiger partial charge is 0.491 e. The van der Waals surface area contributed by atoms with E-state index in [0.29, 0.717) is 31.7 Å². The summed E-state index contributed by atoms with van der Waals surface area (Å²) in [4.78, 5) is 27.2. The van der Waals surface area contributed by atoms with Crippen LogP contribution in [0.2, 0.25) is 0 Å². The van der Waals surface area contributed by atoms with E-state index in [-0.39, 0.29) is 31.5 Å². The van der Waals surface area contributed by atoms with E-state index in [2.05, 4.69) is 0 Å². The fourth-order valence-electron chi connectivity index (χ4n) is 3.17. The molecule has 2 aliphatic rings. The lowest BCUT2D eigenvalue weighted by atomic mass is 10.1. The molecule has 2 heterocycles. The summed E-state index contributed by atoms with van der Waals surface area (Å²) in [7, 11) is 0. The summed E-state index contributed by atoms with van der Waals surface area (Å²) in [6.45, 7) is 3.67. The summed E-state index contributed by atoms with van der Waals surface area (Å²) in [5.74, 6) is 0.651. The summed E-state index contributed by atoms with van der Waals surface area (Å²) in [5.41, 5.74) is 0.116. The number of amides is 2. The van der Waals surface area contributed by atoms with Crippen LogP contribution >= 0.6 is 0 Å². The highest BCUT2D eigenvalue weighted by Crippen LogP contribution is 2.24. The molecule has 1 aromatic rings. The predicted molar refractivity (Wildman–Crippen MR) is 88.6 cm³/mol. The van der Waals surface area contributed by atoms with Gasteiger partial charge in [-0.05, 0) is 31.9 Å². The molecule has 0 radical (unpaired) electrons. The maximum atomic E-state index is 12.3. The number of rotatable bonds is 5. The molecular formula is C18H24N2O4. The van der Waals surface area contributed by atoms with Crippen LogP contribution in [-0.2, 0) is 9.59 Å². The van der Waals surface area contributed by atoms with E-state index in [1.165, 1.54) is 0 Å². The molecule has 1 atom stereocenters. The van der Waals surface area contributed by atoms with E-state index >= 15 is 0 Å². The van der Waals surface area contributed by atoms with Gasteiger partial charge in [-0.15, -0.1) is 0 Å². The third kappa shape index (κ3) is 3.87. The molecule has 130 valence electrons. The van der Waals surface area contributed by atoms with Crippen molar-refractivity contribution in [2.24, 2.45) is 0 Å². The van der Waals surface area contributed by atoms with Crippen molar-refractivity contribution in [1.82, 2.24) is 9.80 Å². The first-order valence-corrected chi connectivity index (χ1v) is 8.43. The van der Waals surface area contributed by atoms with Gasteiger partial charge < -0.3 is 19.6 Å². The molecule has 24 heavy (non-hydrogen) atoms. The fraction of sp³-hybridized carbons (Fsp3) is 0.556. The number of aliphatic hydroxyl groups is 1. The second-order valence-electron chi connectivity index (χ2n) is 6.81. The van der Waals surface area contributed by atoms with E-state index in [9.17, 15) is 14.7 Å². The number of carbonyl (C=O) groups is 2. The Hall–Kier alpha value is -2.08. The highest BCUT2D eigenvalue weighted by Gasteiger charge is 2.39. The summed E-state index contributed by atoms with van der Waals surface area (Å²) < 4.78 is 5.67. The Morgan fingerprint density at radius 3 is 2.71 bits per heavy atom. The Kier molecular flexibility index (Phi) is 4.76. The first kappa shape index (κ1) is 16.8. The van der Waals surface area contributed by atoms with Crippen LogP contribution in [-0.4, -0.2) is 65.1 Å². The summed E-state index contributed by atoms with van der Waals surface area (Å²) in [5, 5.41) is 10.6. The standard InChI is InChI=1S/C18H24N2O4/c1-14-4-6-15(7-5-14)24-13-18(23)8-10-20(12-18)17(22)11-19-9-2-3-16(19)21/h4-7,23H,2-3,8-13H2,1H3/t18-/m1/s1. The number of likely N-dealkylation sites (tertiary alicyclic amines) is 2. The van der Waals surface area contributed by atoms with E-state index in [4.69, 9.17) is 4.74 Å². The normalized spacial score (nSPS) is 23.8. The van der Waals surface area contributed by atoms with Crippen molar-refractivity contribution in [3.05, 3.63) is 29.8 Å². The number of carbonyl (C=O) groups excluding carboxylic acids is 2. The van der Waals surface area contributed by atoms with Crippen molar-refractivity contribution in [2.75, 3.05) is 32.8 Å². The van der Waals surface area contributed by atoms with Crippen LogP contribution in [0.3, 0.4) is 0 Å². The first-order valence-electron chi connectivity index (χ1n) is 8.43. The van der Waals surface area contributed by atoms with Crippen molar-refractivity contribution in [2.45, 2.75) is 31.8 Å². The molecule has 6 nitrogen and oxygen atoms in total. The molecule has 0 spiro atoms. The molecular weight excluding hydrogens is 308 g/mol. The molecule has 0 unspecified atom stereocenters. The monoisotopic (exact) mass is 332 g/mol. The minimum absolute atomic E-state index is 0.0421. The topological polar surface area (TPSA) is 70.1 Å². The second-order valence-corrected chi connectivity index (χ2v) is 6.81. The summed E-state index contributed by atoms with van der Waals surface area (Å²) >= 11 is 0. The summed E-state index contributed by atoms with van der Waals surface area (Å²) in [6.07, 6.45) is 1.83. The molecule has 0 saturated carbocycles.